The van der Waals surface area contributed by atoms with E-state index < -0.39 is 35.1 Å². The Morgan fingerprint density at radius 1 is 1.20 bits per heavy atom. The molecule has 0 aromatic heterocycles. The van der Waals surface area contributed by atoms with Gasteiger partial charge in [-0.15, -0.1) is 0 Å². The number of carbonyl (C=O) groups is 3. The molecular weight excluding hydrogens is 263 g/mol. The number of amides is 4. The minimum atomic E-state index is -1.09. The van der Waals surface area contributed by atoms with E-state index in [1.165, 1.54) is 24.3 Å². The van der Waals surface area contributed by atoms with E-state index in [1.54, 1.807) is 0 Å². The fourth-order valence-electron chi connectivity index (χ4n) is 2.44. The van der Waals surface area contributed by atoms with Crippen molar-refractivity contribution in [3.05, 3.63) is 35.6 Å². The van der Waals surface area contributed by atoms with Gasteiger partial charge >= 0.3 is 6.03 Å². The van der Waals surface area contributed by atoms with Gasteiger partial charge in [0.05, 0.1) is 0 Å². The molecule has 1 aliphatic carbocycles. The maximum absolute atomic E-state index is 12.9. The molecule has 1 atom stereocenters. The van der Waals surface area contributed by atoms with E-state index in [1.807, 2.05) is 6.92 Å². The van der Waals surface area contributed by atoms with Crippen molar-refractivity contribution in [3.63, 3.8) is 0 Å². The number of imide groups is 2. The second-order valence-corrected chi connectivity index (χ2v) is 5.45. The van der Waals surface area contributed by atoms with Crippen molar-refractivity contribution in [2.24, 2.45) is 0 Å². The number of benzene rings is 1. The molecule has 1 saturated heterocycles. The van der Waals surface area contributed by atoms with E-state index in [4.69, 9.17) is 0 Å². The molecule has 5 nitrogen and oxygen atoms in total. The Kier molecular flexibility index (Phi) is 2.64. The minimum Gasteiger partial charge on any atom is -0.277 e. The van der Waals surface area contributed by atoms with Crippen molar-refractivity contribution in [1.29, 1.82) is 0 Å². The summed E-state index contributed by atoms with van der Waals surface area (Å²) in [6.45, 7) is 1.81. The number of hydrogen-bond donors (Lipinski definition) is 1. The van der Waals surface area contributed by atoms with Gasteiger partial charge in [0, 0.05) is 5.54 Å². The number of hydrogen-bond acceptors (Lipinski definition) is 3. The highest BCUT2D eigenvalue weighted by Crippen LogP contribution is 2.43. The van der Waals surface area contributed by atoms with Gasteiger partial charge in [-0.25, -0.2) is 9.18 Å². The Balaban J connectivity index is 1.97. The maximum Gasteiger partial charge on any atom is 0.331 e. The van der Waals surface area contributed by atoms with Crippen molar-refractivity contribution in [1.82, 2.24) is 10.2 Å². The highest BCUT2D eigenvalue weighted by Gasteiger charge is 2.54. The lowest BCUT2D eigenvalue weighted by molar-refractivity contribution is -0.140. The molecule has 0 spiro atoms. The standard InChI is InChI=1S/C14H13FN2O3/c1-14(6-7-14)17-12(19)10(11(18)16-13(17)20)8-2-4-9(15)5-3-8/h2-5,10H,6-7H2,1H3,(H,16,18,20). The van der Waals surface area contributed by atoms with Crippen LogP contribution in [0.25, 0.3) is 0 Å². The molecule has 1 aromatic rings. The summed E-state index contributed by atoms with van der Waals surface area (Å²) in [5, 5.41) is 2.20. The van der Waals surface area contributed by atoms with Crippen LogP contribution in [-0.2, 0) is 9.59 Å². The largest absolute Gasteiger partial charge is 0.331 e. The summed E-state index contributed by atoms with van der Waals surface area (Å²) in [5.74, 6) is -2.73. The van der Waals surface area contributed by atoms with Crippen LogP contribution in [0.3, 0.4) is 0 Å². The smallest absolute Gasteiger partial charge is 0.277 e. The molecule has 2 fully saturated rings. The number of nitrogens with one attached hydrogen (secondary N) is 1. The quantitative estimate of drug-likeness (QED) is 0.833. The summed E-state index contributed by atoms with van der Waals surface area (Å²) < 4.78 is 12.9. The summed E-state index contributed by atoms with van der Waals surface area (Å²) in [6.07, 6.45) is 1.47. The van der Waals surface area contributed by atoms with E-state index in [2.05, 4.69) is 5.32 Å². The first-order chi connectivity index (χ1) is 9.42. The monoisotopic (exact) mass is 276 g/mol. The van der Waals surface area contributed by atoms with Gasteiger partial charge in [0.1, 0.15) is 11.7 Å². The first kappa shape index (κ1) is 12.8. The van der Waals surface area contributed by atoms with Crippen molar-refractivity contribution in [2.75, 3.05) is 0 Å². The Morgan fingerprint density at radius 3 is 2.35 bits per heavy atom. The molecule has 6 heteroatoms. The van der Waals surface area contributed by atoms with Crippen LogP contribution >= 0.6 is 0 Å². The first-order valence-electron chi connectivity index (χ1n) is 6.37. The van der Waals surface area contributed by atoms with Crippen LogP contribution in [-0.4, -0.2) is 28.3 Å². The van der Waals surface area contributed by atoms with Gasteiger partial charge < -0.3 is 0 Å². The summed E-state index contributed by atoms with van der Waals surface area (Å²) in [5.41, 5.74) is -0.115. The molecule has 104 valence electrons. The predicted octanol–water partition coefficient (Wildman–Crippen LogP) is 1.54. The molecular formula is C14H13FN2O3. The van der Waals surface area contributed by atoms with Gasteiger partial charge in [0.2, 0.25) is 11.8 Å². The van der Waals surface area contributed by atoms with Crippen LogP contribution in [0.2, 0.25) is 0 Å². The van der Waals surface area contributed by atoms with Crippen molar-refractivity contribution >= 4 is 17.8 Å². The highest BCUT2D eigenvalue weighted by molar-refractivity contribution is 6.19. The second-order valence-electron chi connectivity index (χ2n) is 5.45. The highest BCUT2D eigenvalue weighted by atomic mass is 19.1. The van der Waals surface area contributed by atoms with Gasteiger partial charge in [-0.2, -0.15) is 0 Å². The first-order valence-corrected chi connectivity index (χ1v) is 6.37. The fourth-order valence-corrected chi connectivity index (χ4v) is 2.44. The molecule has 1 aromatic carbocycles. The van der Waals surface area contributed by atoms with Crippen molar-refractivity contribution in [2.45, 2.75) is 31.2 Å². The molecule has 1 heterocycles. The van der Waals surface area contributed by atoms with E-state index in [9.17, 15) is 18.8 Å². The molecule has 1 saturated carbocycles. The van der Waals surface area contributed by atoms with Crippen LogP contribution in [0, 0.1) is 5.82 Å². The SMILES string of the molecule is CC1(N2C(=O)NC(=O)C(c3ccc(F)cc3)C2=O)CC1. The van der Waals surface area contributed by atoms with Crippen LogP contribution in [0.1, 0.15) is 31.2 Å². The Morgan fingerprint density at radius 2 is 1.80 bits per heavy atom. The third kappa shape index (κ3) is 1.88. The topological polar surface area (TPSA) is 66.5 Å². The summed E-state index contributed by atoms with van der Waals surface area (Å²) >= 11 is 0. The maximum atomic E-state index is 12.9. The van der Waals surface area contributed by atoms with Crippen LogP contribution in [0.4, 0.5) is 9.18 Å². The lowest BCUT2D eigenvalue weighted by atomic mass is 9.94. The molecule has 1 aliphatic heterocycles. The number of carbonyl (C=O) groups excluding carboxylic acids is 3. The molecule has 0 radical (unpaired) electrons. The second kappa shape index (κ2) is 4.13. The Hall–Kier alpha value is -2.24. The third-order valence-electron chi connectivity index (χ3n) is 3.88. The molecule has 20 heavy (non-hydrogen) atoms. The molecule has 0 bridgehead atoms. The Labute approximate surface area is 114 Å². The molecule has 1 N–H and O–H groups in total. The number of rotatable bonds is 2. The summed E-state index contributed by atoms with van der Waals surface area (Å²) in [6, 6.07) is 4.49. The minimum absolute atomic E-state index is 0.385. The van der Waals surface area contributed by atoms with Gasteiger partial charge in [-0.3, -0.25) is 19.8 Å². The lowest BCUT2D eigenvalue weighted by Crippen LogP contribution is -2.60. The summed E-state index contributed by atoms with van der Waals surface area (Å²) in [4.78, 5) is 37.4. The van der Waals surface area contributed by atoms with Crippen molar-refractivity contribution in [3.8, 4) is 0 Å². The third-order valence-corrected chi connectivity index (χ3v) is 3.88. The molecule has 2 aliphatic rings. The van der Waals surface area contributed by atoms with Gasteiger partial charge in [0.15, 0.2) is 0 Å². The fraction of sp³-hybridized carbons (Fsp3) is 0.357. The summed E-state index contributed by atoms with van der Waals surface area (Å²) in [7, 11) is 0. The number of halogens is 1. The van der Waals surface area contributed by atoms with Gasteiger partial charge in [-0.05, 0) is 37.5 Å². The normalized spacial score (nSPS) is 24.6. The average molecular weight is 276 g/mol. The number of nitrogens with zero attached hydrogens (tertiary/aromatic N) is 1. The number of barbiturate groups is 1. The molecule has 3 rings (SSSR count). The molecule has 4 amide bonds. The molecule has 1 unspecified atom stereocenters. The van der Waals surface area contributed by atoms with Crippen LogP contribution in [0.5, 0.6) is 0 Å². The van der Waals surface area contributed by atoms with Crippen molar-refractivity contribution < 1.29 is 18.8 Å². The van der Waals surface area contributed by atoms with Crippen LogP contribution in [0.15, 0.2) is 24.3 Å². The van der Waals surface area contributed by atoms with E-state index in [0.717, 1.165) is 17.7 Å². The Bertz CT molecular complexity index is 607. The van der Waals surface area contributed by atoms with Gasteiger partial charge in [0.25, 0.3) is 0 Å². The zero-order valence-electron chi connectivity index (χ0n) is 10.9. The number of urea groups is 1. The lowest BCUT2D eigenvalue weighted by Gasteiger charge is -2.34. The zero-order chi connectivity index (χ0) is 14.5. The van der Waals surface area contributed by atoms with E-state index in [0.29, 0.717) is 5.56 Å². The zero-order valence-corrected chi connectivity index (χ0v) is 10.9. The average Bonchev–Trinajstić information content (AvgIpc) is 3.09. The predicted molar refractivity (Wildman–Crippen MR) is 67.2 cm³/mol. The van der Waals surface area contributed by atoms with Gasteiger partial charge in [-0.1, -0.05) is 12.1 Å². The van der Waals surface area contributed by atoms with E-state index >= 15 is 0 Å². The van der Waals surface area contributed by atoms with Crippen LogP contribution < -0.4 is 5.32 Å². The van der Waals surface area contributed by atoms with E-state index in [-0.39, 0.29) is 0 Å².